The first kappa shape index (κ1) is 14.8. The molecule has 23 heavy (non-hydrogen) atoms. The lowest BCUT2D eigenvalue weighted by molar-refractivity contribution is -0.122. The highest BCUT2D eigenvalue weighted by Crippen LogP contribution is 2.15. The van der Waals surface area contributed by atoms with E-state index in [1.54, 1.807) is 18.2 Å². The monoisotopic (exact) mass is 308 g/mol. The highest BCUT2D eigenvalue weighted by Gasteiger charge is 2.08. The zero-order valence-corrected chi connectivity index (χ0v) is 12.4. The number of hydrogen-bond donors (Lipinski definition) is 2. The third-order valence-electron chi connectivity index (χ3n) is 3.47. The minimum Gasteiger partial charge on any atom is -0.347 e. The van der Waals surface area contributed by atoms with Crippen molar-refractivity contribution in [3.63, 3.8) is 0 Å². The summed E-state index contributed by atoms with van der Waals surface area (Å²) in [5, 5.41) is 1.14. The van der Waals surface area contributed by atoms with Crippen molar-refractivity contribution in [1.82, 2.24) is 20.4 Å². The summed E-state index contributed by atoms with van der Waals surface area (Å²) >= 11 is 0. The molecular formula is C17H16N4O2. The molecule has 0 aliphatic carbocycles. The Morgan fingerprint density at radius 1 is 1.00 bits per heavy atom. The Kier molecular flexibility index (Phi) is 4.33. The van der Waals surface area contributed by atoms with Crippen LogP contribution in [0, 0.1) is 0 Å². The molecule has 0 saturated carbocycles. The summed E-state index contributed by atoms with van der Waals surface area (Å²) in [4.78, 5) is 27.5. The number of pyridine rings is 1. The summed E-state index contributed by atoms with van der Waals surface area (Å²) in [6.07, 6.45) is 3.74. The van der Waals surface area contributed by atoms with Crippen LogP contribution in [0.2, 0.25) is 0 Å². The molecule has 0 fully saturated rings. The number of carbonyl (C=O) groups excluding carboxylic acids is 2. The van der Waals surface area contributed by atoms with E-state index in [1.807, 2.05) is 41.1 Å². The molecule has 0 atom stereocenters. The maximum Gasteiger partial charge on any atom is 0.288 e. The Labute approximate surface area is 133 Å². The molecule has 6 nitrogen and oxygen atoms in total. The van der Waals surface area contributed by atoms with Gasteiger partial charge in [0.05, 0.1) is 0 Å². The molecular weight excluding hydrogens is 292 g/mol. The summed E-state index contributed by atoms with van der Waals surface area (Å²) in [6.45, 7) is 0.540. The molecule has 0 radical (unpaired) electrons. The van der Waals surface area contributed by atoms with Crippen molar-refractivity contribution in [2.75, 3.05) is 0 Å². The second-order valence-electron chi connectivity index (χ2n) is 5.04. The Hall–Kier alpha value is -3.15. The Bertz CT molecular complexity index is 827. The van der Waals surface area contributed by atoms with E-state index in [0.717, 1.165) is 10.9 Å². The van der Waals surface area contributed by atoms with Crippen molar-refractivity contribution in [2.24, 2.45) is 0 Å². The fourth-order valence-electron chi connectivity index (χ4n) is 2.31. The first-order valence-corrected chi connectivity index (χ1v) is 7.28. The van der Waals surface area contributed by atoms with Gasteiger partial charge in [-0.15, -0.1) is 0 Å². The Balaban J connectivity index is 1.51. The number of hydrazine groups is 1. The van der Waals surface area contributed by atoms with Crippen LogP contribution < -0.4 is 10.9 Å². The largest absolute Gasteiger partial charge is 0.347 e. The van der Waals surface area contributed by atoms with Gasteiger partial charge in [0, 0.05) is 30.9 Å². The molecule has 0 unspecified atom stereocenters. The molecule has 0 spiro atoms. The van der Waals surface area contributed by atoms with Crippen molar-refractivity contribution in [2.45, 2.75) is 13.0 Å². The van der Waals surface area contributed by atoms with E-state index in [1.165, 1.54) is 6.20 Å². The fourth-order valence-corrected chi connectivity index (χ4v) is 2.31. The second-order valence-corrected chi connectivity index (χ2v) is 5.04. The number of fused-ring (bicyclic) bond motifs is 1. The Morgan fingerprint density at radius 3 is 2.65 bits per heavy atom. The van der Waals surface area contributed by atoms with Gasteiger partial charge >= 0.3 is 0 Å². The number of aromatic nitrogens is 2. The van der Waals surface area contributed by atoms with Crippen molar-refractivity contribution in [3.8, 4) is 0 Å². The van der Waals surface area contributed by atoms with Crippen LogP contribution in [0.5, 0.6) is 0 Å². The van der Waals surface area contributed by atoms with Gasteiger partial charge in [-0.2, -0.15) is 0 Å². The topological polar surface area (TPSA) is 76.0 Å². The van der Waals surface area contributed by atoms with Gasteiger partial charge in [0.1, 0.15) is 5.69 Å². The van der Waals surface area contributed by atoms with Crippen molar-refractivity contribution in [1.29, 1.82) is 0 Å². The van der Waals surface area contributed by atoms with Crippen LogP contribution in [0.25, 0.3) is 10.9 Å². The van der Waals surface area contributed by atoms with Crippen LogP contribution in [-0.4, -0.2) is 21.4 Å². The summed E-state index contributed by atoms with van der Waals surface area (Å²) < 4.78 is 2.01. The predicted molar refractivity (Wildman–Crippen MR) is 86.4 cm³/mol. The van der Waals surface area contributed by atoms with Crippen molar-refractivity contribution < 1.29 is 9.59 Å². The smallest absolute Gasteiger partial charge is 0.288 e. The lowest BCUT2D eigenvalue weighted by atomic mass is 10.2. The van der Waals surface area contributed by atoms with Gasteiger partial charge in [-0.3, -0.25) is 25.4 Å². The lowest BCUT2D eigenvalue weighted by Crippen LogP contribution is -2.42. The highest BCUT2D eigenvalue weighted by atomic mass is 16.2. The summed E-state index contributed by atoms with van der Waals surface area (Å²) in [5.74, 6) is -0.697. The number of amides is 2. The maximum absolute atomic E-state index is 11.9. The van der Waals surface area contributed by atoms with E-state index in [-0.39, 0.29) is 18.0 Å². The van der Waals surface area contributed by atoms with E-state index in [9.17, 15) is 9.59 Å². The number of rotatable bonds is 4. The zero-order chi connectivity index (χ0) is 16.1. The van der Waals surface area contributed by atoms with Gasteiger partial charge in [0.25, 0.3) is 5.91 Å². The second kappa shape index (κ2) is 6.74. The van der Waals surface area contributed by atoms with Gasteiger partial charge < -0.3 is 4.57 Å². The van der Waals surface area contributed by atoms with E-state index in [4.69, 9.17) is 0 Å². The van der Waals surface area contributed by atoms with Crippen LogP contribution in [0.3, 0.4) is 0 Å². The number of aryl methyl sites for hydroxylation is 1. The van der Waals surface area contributed by atoms with Crippen LogP contribution in [-0.2, 0) is 11.3 Å². The van der Waals surface area contributed by atoms with E-state index >= 15 is 0 Å². The summed E-state index contributed by atoms with van der Waals surface area (Å²) in [5.41, 5.74) is 6.09. The lowest BCUT2D eigenvalue weighted by Gasteiger charge is -2.08. The number of hydrogen-bond acceptors (Lipinski definition) is 3. The third kappa shape index (κ3) is 3.55. The molecule has 0 aliphatic heterocycles. The van der Waals surface area contributed by atoms with Crippen molar-refractivity contribution in [3.05, 3.63) is 66.6 Å². The molecule has 1 aromatic carbocycles. The molecule has 0 saturated heterocycles. The van der Waals surface area contributed by atoms with E-state index in [0.29, 0.717) is 6.54 Å². The quantitative estimate of drug-likeness (QED) is 0.723. The molecule has 116 valence electrons. The first-order valence-electron chi connectivity index (χ1n) is 7.28. The average molecular weight is 308 g/mol. The first-order chi connectivity index (χ1) is 11.2. The van der Waals surface area contributed by atoms with Gasteiger partial charge in [-0.25, -0.2) is 0 Å². The van der Waals surface area contributed by atoms with Gasteiger partial charge in [-0.1, -0.05) is 24.3 Å². The molecule has 2 N–H and O–H groups in total. The molecule has 3 aromatic rings. The number of benzene rings is 1. The number of para-hydroxylation sites is 1. The summed E-state index contributed by atoms with van der Waals surface area (Å²) in [7, 11) is 0. The maximum atomic E-state index is 11.9. The van der Waals surface area contributed by atoms with Gasteiger partial charge in [0.15, 0.2) is 0 Å². The van der Waals surface area contributed by atoms with E-state index < -0.39 is 5.91 Å². The molecule has 3 rings (SSSR count). The molecule has 0 bridgehead atoms. The predicted octanol–water partition coefficient (Wildman–Crippen LogP) is 1.89. The van der Waals surface area contributed by atoms with Crippen LogP contribution in [0.4, 0.5) is 0 Å². The molecule has 6 heteroatoms. The highest BCUT2D eigenvalue weighted by molar-refractivity contribution is 5.93. The van der Waals surface area contributed by atoms with Gasteiger partial charge in [-0.05, 0) is 29.7 Å². The number of nitrogens with zero attached hydrogens (tertiary/aromatic N) is 2. The molecule has 2 amide bonds. The fraction of sp³-hybridized carbons (Fsp3) is 0.118. The van der Waals surface area contributed by atoms with Crippen molar-refractivity contribution >= 4 is 22.7 Å². The molecule has 0 aliphatic rings. The minimum atomic E-state index is -0.439. The average Bonchev–Trinajstić information content (AvgIpc) is 3.02. The van der Waals surface area contributed by atoms with Gasteiger partial charge in [0.2, 0.25) is 5.91 Å². The summed E-state index contributed by atoms with van der Waals surface area (Å²) in [6, 6.07) is 15.0. The molecule has 2 heterocycles. The van der Waals surface area contributed by atoms with Crippen LogP contribution >= 0.6 is 0 Å². The van der Waals surface area contributed by atoms with Crippen LogP contribution in [0.1, 0.15) is 16.9 Å². The minimum absolute atomic E-state index is 0.254. The Morgan fingerprint density at radius 2 is 1.83 bits per heavy atom. The van der Waals surface area contributed by atoms with E-state index in [2.05, 4.69) is 15.8 Å². The zero-order valence-electron chi connectivity index (χ0n) is 12.4. The van der Waals surface area contributed by atoms with Crippen LogP contribution in [0.15, 0.2) is 60.9 Å². The normalized spacial score (nSPS) is 10.4. The SMILES string of the molecule is O=C(CCn1ccc2ccccc21)NNC(=O)c1ccccn1. The molecule has 2 aromatic heterocycles. The third-order valence-corrected chi connectivity index (χ3v) is 3.47. The standard InChI is InChI=1S/C17H16N4O2/c22-16(19-20-17(23)14-6-3-4-10-18-14)9-12-21-11-8-13-5-1-2-7-15(13)21/h1-8,10-11H,9,12H2,(H,19,22)(H,20,23). The number of carbonyl (C=O) groups is 2. The number of nitrogens with one attached hydrogen (secondary N) is 2.